The average Bonchev–Trinajstić information content (AvgIpc) is 3.05. The highest BCUT2D eigenvalue weighted by Crippen LogP contribution is 2.30. The molecule has 1 aliphatic rings. The lowest BCUT2D eigenvalue weighted by Crippen LogP contribution is -2.44. The van der Waals surface area contributed by atoms with Crippen LogP contribution in [0.1, 0.15) is 38.7 Å². The Morgan fingerprint density at radius 1 is 1.31 bits per heavy atom. The van der Waals surface area contributed by atoms with Crippen LogP contribution in [0.2, 0.25) is 0 Å². The van der Waals surface area contributed by atoms with Gasteiger partial charge in [-0.25, -0.2) is 0 Å². The minimum absolute atomic E-state index is 0.0874. The summed E-state index contributed by atoms with van der Waals surface area (Å²) in [6, 6.07) is 8.43. The van der Waals surface area contributed by atoms with E-state index in [1.165, 1.54) is 41.5 Å². The molecule has 1 saturated carbocycles. The van der Waals surface area contributed by atoms with Crippen molar-refractivity contribution in [1.82, 2.24) is 15.5 Å². The second kappa shape index (κ2) is 8.86. The summed E-state index contributed by atoms with van der Waals surface area (Å²) in [7, 11) is 0. The summed E-state index contributed by atoms with van der Waals surface area (Å²) in [5.41, 5.74) is 2.19. The number of aryl methyl sites for hydroxylation is 1. The number of aromatic nitrogens is 2. The molecule has 1 heterocycles. The van der Waals surface area contributed by atoms with Crippen molar-refractivity contribution in [2.75, 3.05) is 11.1 Å². The van der Waals surface area contributed by atoms with Crippen molar-refractivity contribution in [2.24, 2.45) is 11.8 Å². The fourth-order valence-corrected chi connectivity index (χ4v) is 4.91. The van der Waals surface area contributed by atoms with Gasteiger partial charge in [0.05, 0.1) is 5.75 Å². The zero-order valence-electron chi connectivity index (χ0n) is 15.5. The van der Waals surface area contributed by atoms with Crippen LogP contribution in [0.3, 0.4) is 0 Å². The van der Waals surface area contributed by atoms with Gasteiger partial charge in [-0.3, -0.25) is 4.79 Å². The first-order chi connectivity index (χ1) is 12.5. The predicted molar refractivity (Wildman–Crippen MR) is 109 cm³/mol. The zero-order valence-corrected chi connectivity index (χ0v) is 17.1. The Labute approximate surface area is 163 Å². The second-order valence-electron chi connectivity index (χ2n) is 7.10. The molecule has 140 valence electrons. The summed E-state index contributed by atoms with van der Waals surface area (Å²) in [6.45, 7) is 6.58. The molecule has 3 rings (SSSR count). The minimum atomic E-state index is 0.0874. The minimum Gasteiger partial charge on any atom is -0.352 e. The lowest BCUT2D eigenvalue weighted by atomic mass is 9.78. The van der Waals surface area contributed by atoms with Crippen molar-refractivity contribution in [3.8, 4) is 0 Å². The number of anilines is 2. The molecule has 1 aliphatic carbocycles. The van der Waals surface area contributed by atoms with Crippen LogP contribution in [0.4, 0.5) is 10.8 Å². The summed E-state index contributed by atoms with van der Waals surface area (Å²) in [6.07, 6.45) is 3.56. The number of thioether (sulfide) groups is 1. The molecule has 3 atom stereocenters. The van der Waals surface area contributed by atoms with Gasteiger partial charge in [0.1, 0.15) is 0 Å². The highest BCUT2D eigenvalue weighted by molar-refractivity contribution is 8.01. The molecular formula is C19H26N4OS2. The standard InChI is InChI=1S/C19H26N4OS2/c1-12-6-4-8-15(10-12)20-18-22-23-19(26-18)25-11-17(24)21-16-9-5-7-13(2)14(16)3/h4,6,8,10,13-14,16H,5,7,9,11H2,1-3H3,(H,20,22)(H,21,24)/t13-,14-,16+/m0/s1. The van der Waals surface area contributed by atoms with Crippen molar-refractivity contribution in [1.29, 1.82) is 0 Å². The number of carbonyl (C=O) groups excluding carboxylic acids is 1. The molecule has 1 aromatic heterocycles. The monoisotopic (exact) mass is 390 g/mol. The largest absolute Gasteiger partial charge is 0.352 e. The van der Waals surface area contributed by atoms with Gasteiger partial charge < -0.3 is 10.6 Å². The highest BCUT2D eigenvalue weighted by atomic mass is 32.2. The Kier molecular flexibility index (Phi) is 6.53. The maximum atomic E-state index is 12.3. The van der Waals surface area contributed by atoms with Crippen LogP contribution in [-0.4, -0.2) is 27.9 Å². The lowest BCUT2D eigenvalue weighted by Gasteiger charge is -2.34. The van der Waals surface area contributed by atoms with Crippen LogP contribution in [0, 0.1) is 18.8 Å². The SMILES string of the molecule is Cc1cccc(Nc2nnc(SCC(=O)N[C@@H]3CCC[C@H](C)[C@@H]3C)s2)c1. The molecule has 1 amide bonds. The third-order valence-electron chi connectivity index (χ3n) is 5.06. The molecule has 0 aliphatic heterocycles. The number of hydrogen-bond donors (Lipinski definition) is 2. The number of amides is 1. The summed E-state index contributed by atoms with van der Waals surface area (Å²) >= 11 is 2.92. The number of carbonyl (C=O) groups is 1. The lowest BCUT2D eigenvalue weighted by molar-refractivity contribution is -0.119. The van der Waals surface area contributed by atoms with E-state index in [-0.39, 0.29) is 5.91 Å². The topological polar surface area (TPSA) is 66.9 Å². The summed E-state index contributed by atoms with van der Waals surface area (Å²) in [4.78, 5) is 12.3. The van der Waals surface area contributed by atoms with Crippen LogP contribution in [0.5, 0.6) is 0 Å². The molecule has 0 radical (unpaired) electrons. The zero-order chi connectivity index (χ0) is 18.5. The maximum absolute atomic E-state index is 12.3. The molecule has 2 N–H and O–H groups in total. The Hall–Kier alpha value is -1.60. The first-order valence-electron chi connectivity index (χ1n) is 9.10. The number of benzene rings is 1. The molecule has 7 heteroatoms. The third kappa shape index (κ3) is 5.20. The van der Waals surface area contributed by atoms with Crippen LogP contribution in [0.15, 0.2) is 28.6 Å². The number of nitrogens with zero attached hydrogens (tertiary/aromatic N) is 2. The van der Waals surface area contributed by atoms with Gasteiger partial charge in [-0.1, -0.05) is 61.9 Å². The van der Waals surface area contributed by atoms with E-state index in [2.05, 4.69) is 53.7 Å². The van der Waals surface area contributed by atoms with Gasteiger partial charge >= 0.3 is 0 Å². The molecule has 0 bridgehead atoms. The van der Waals surface area contributed by atoms with Gasteiger partial charge in [0.25, 0.3) is 0 Å². The molecule has 1 aromatic carbocycles. The maximum Gasteiger partial charge on any atom is 0.230 e. The Morgan fingerprint density at radius 2 is 2.15 bits per heavy atom. The van der Waals surface area contributed by atoms with E-state index in [9.17, 15) is 4.79 Å². The van der Waals surface area contributed by atoms with E-state index in [1.807, 2.05) is 12.1 Å². The van der Waals surface area contributed by atoms with E-state index in [0.717, 1.165) is 21.6 Å². The number of nitrogens with one attached hydrogen (secondary N) is 2. The van der Waals surface area contributed by atoms with Gasteiger partial charge in [-0.2, -0.15) is 0 Å². The van der Waals surface area contributed by atoms with Gasteiger partial charge in [-0.15, -0.1) is 10.2 Å². The fraction of sp³-hybridized carbons (Fsp3) is 0.526. The van der Waals surface area contributed by atoms with Crippen LogP contribution >= 0.6 is 23.1 Å². The van der Waals surface area contributed by atoms with Crippen molar-refractivity contribution in [2.45, 2.75) is 50.4 Å². The molecule has 0 unspecified atom stereocenters. The summed E-state index contributed by atoms with van der Waals surface area (Å²) < 4.78 is 0.806. The van der Waals surface area contributed by atoms with Gasteiger partial charge in [0.2, 0.25) is 11.0 Å². The Morgan fingerprint density at radius 3 is 2.96 bits per heavy atom. The van der Waals surface area contributed by atoms with Crippen LogP contribution in [0.25, 0.3) is 0 Å². The van der Waals surface area contributed by atoms with Crippen LogP contribution < -0.4 is 10.6 Å². The Balaban J connectivity index is 1.47. The van der Waals surface area contributed by atoms with Crippen molar-refractivity contribution < 1.29 is 4.79 Å². The quantitative estimate of drug-likeness (QED) is 0.704. The van der Waals surface area contributed by atoms with E-state index < -0.39 is 0 Å². The third-order valence-corrected chi connectivity index (χ3v) is 7.03. The van der Waals surface area contributed by atoms with Gasteiger partial charge in [-0.05, 0) is 42.9 Å². The highest BCUT2D eigenvalue weighted by Gasteiger charge is 2.28. The van der Waals surface area contributed by atoms with E-state index in [0.29, 0.717) is 23.6 Å². The fourth-order valence-electron chi connectivity index (χ4n) is 3.33. The predicted octanol–water partition coefficient (Wildman–Crippen LogP) is 4.62. The molecule has 26 heavy (non-hydrogen) atoms. The van der Waals surface area contributed by atoms with Crippen molar-refractivity contribution in [3.05, 3.63) is 29.8 Å². The van der Waals surface area contributed by atoms with E-state index in [4.69, 9.17) is 0 Å². The van der Waals surface area contributed by atoms with Gasteiger partial charge in [0.15, 0.2) is 4.34 Å². The van der Waals surface area contributed by atoms with Crippen molar-refractivity contribution >= 4 is 39.8 Å². The van der Waals surface area contributed by atoms with E-state index in [1.54, 1.807) is 0 Å². The smallest absolute Gasteiger partial charge is 0.230 e. The van der Waals surface area contributed by atoms with Gasteiger partial charge in [0, 0.05) is 11.7 Å². The molecule has 2 aromatic rings. The second-order valence-corrected chi connectivity index (χ2v) is 9.30. The Bertz CT molecular complexity index is 749. The molecular weight excluding hydrogens is 364 g/mol. The number of hydrogen-bond acceptors (Lipinski definition) is 6. The summed E-state index contributed by atoms with van der Waals surface area (Å²) in [5, 5.41) is 15.5. The van der Waals surface area contributed by atoms with Crippen molar-refractivity contribution in [3.63, 3.8) is 0 Å². The number of rotatable bonds is 6. The molecule has 1 fully saturated rings. The molecule has 0 spiro atoms. The molecule has 5 nitrogen and oxygen atoms in total. The first-order valence-corrected chi connectivity index (χ1v) is 10.9. The van der Waals surface area contributed by atoms with Crippen LogP contribution in [-0.2, 0) is 4.79 Å². The molecule has 0 saturated heterocycles. The normalized spacial score (nSPS) is 22.8. The average molecular weight is 391 g/mol. The first kappa shape index (κ1) is 19.2. The summed E-state index contributed by atoms with van der Waals surface area (Å²) in [5.74, 6) is 1.70. The van der Waals surface area contributed by atoms with E-state index >= 15 is 0 Å².